The highest BCUT2D eigenvalue weighted by Gasteiger charge is 2.54. The van der Waals surface area contributed by atoms with Crippen LogP contribution in [-0.2, 0) is 9.59 Å². The van der Waals surface area contributed by atoms with Crippen molar-refractivity contribution < 1.29 is 14.3 Å². The molecule has 0 aliphatic heterocycles. The van der Waals surface area contributed by atoms with Crippen LogP contribution in [0.4, 0.5) is 11.4 Å². The second-order valence-electron chi connectivity index (χ2n) is 12.0. The van der Waals surface area contributed by atoms with Crippen LogP contribution < -0.4 is 15.4 Å². The number of anilines is 2. The van der Waals surface area contributed by atoms with Crippen molar-refractivity contribution in [2.75, 3.05) is 17.2 Å². The number of nitrogens with one attached hydrogen (secondary N) is 2. The predicted octanol–water partition coefficient (Wildman–Crippen LogP) is 6.91. The van der Waals surface area contributed by atoms with E-state index in [1.807, 2.05) is 36.4 Å². The molecule has 0 atom stereocenters. The number of carbonyl (C=O) groups is 2. The monoisotopic (exact) mass is 486 g/mol. The van der Waals surface area contributed by atoms with Crippen molar-refractivity contribution in [3.63, 3.8) is 0 Å². The summed E-state index contributed by atoms with van der Waals surface area (Å²) >= 11 is 0. The summed E-state index contributed by atoms with van der Waals surface area (Å²) in [5.74, 6) is 3.62. The number of hydrogen-bond donors (Lipinski definition) is 2. The van der Waals surface area contributed by atoms with Crippen LogP contribution in [0.5, 0.6) is 5.75 Å². The van der Waals surface area contributed by atoms with Crippen molar-refractivity contribution in [3.8, 4) is 5.75 Å². The summed E-state index contributed by atoms with van der Waals surface area (Å²) < 4.78 is 5.71. The second kappa shape index (κ2) is 9.91. The number of amides is 2. The van der Waals surface area contributed by atoms with Gasteiger partial charge in [-0.05, 0) is 117 Å². The highest BCUT2D eigenvalue weighted by Crippen LogP contribution is 2.60. The van der Waals surface area contributed by atoms with E-state index in [2.05, 4.69) is 22.8 Å². The molecule has 0 spiro atoms. The molecule has 0 unspecified atom stereocenters. The number of hydrogen-bond acceptors (Lipinski definition) is 3. The van der Waals surface area contributed by atoms with E-state index in [9.17, 15) is 9.59 Å². The molecular formula is C31H38N2O3. The number of rotatable bonds is 7. The van der Waals surface area contributed by atoms with Crippen molar-refractivity contribution in [2.24, 2.45) is 23.2 Å². The molecule has 7 rings (SSSR count). The minimum atomic E-state index is -0.197. The van der Waals surface area contributed by atoms with E-state index in [1.54, 1.807) is 0 Å². The quantitative estimate of drug-likeness (QED) is 0.447. The highest BCUT2D eigenvalue weighted by molar-refractivity contribution is 5.96. The summed E-state index contributed by atoms with van der Waals surface area (Å²) in [6.45, 7) is -0.0344. The fourth-order valence-electron chi connectivity index (χ4n) is 7.91. The summed E-state index contributed by atoms with van der Waals surface area (Å²) in [5.41, 5.74) is 2.71. The van der Waals surface area contributed by atoms with Crippen LogP contribution in [0.2, 0.25) is 0 Å². The molecule has 0 saturated heterocycles. The van der Waals surface area contributed by atoms with Crippen LogP contribution in [0.15, 0.2) is 48.5 Å². The molecule has 5 fully saturated rings. The molecule has 190 valence electrons. The maximum atomic E-state index is 13.3. The Morgan fingerprint density at radius 1 is 0.750 bits per heavy atom. The number of carbonyl (C=O) groups excluding carboxylic acids is 2. The molecule has 5 aliphatic rings. The molecule has 36 heavy (non-hydrogen) atoms. The zero-order valence-electron chi connectivity index (χ0n) is 21.1. The van der Waals surface area contributed by atoms with Crippen LogP contribution >= 0.6 is 0 Å². The lowest BCUT2D eigenvalue weighted by Crippen LogP contribution is -2.51. The van der Waals surface area contributed by atoms with Gasteiger partial charge >= 0.3 is 0 Å². The molecular weight excluding hydrogens is 448 g/mol. The Morgan fingerprint density at radius 2 is 1.31 bits per heavy atom. The van der Waals surface area contributed by atoms with Crippen molar-refractivity contribution in [2.45, 2.75) is 76.5 Å². The first-order chi connectivity index (χ1) is 17.5. The minimum absolute atomic E-state index is 0.0344. The van der Waals surface area contributed by atoms with Crippen LogP contribution in [0.1, 0.15) is 82.1 Å². The summed E-state index contributed by atoms with van der Waals surface area (Å²) in [6.07, 6.45) is 13.7. The molecule has 5 nitrogen and oxygen atoms in total. The Hall–Kier alpha value is -2.82. The van der Waals surface area contributed by atoms with E-state index in [1.165, 1.54) is 56.9 Å². The Balaban J connectivity index is 0.981. The fraction of sp³-hybridized carbons (Fsp3) is 0.548. The third-order valence-corrected chi connectivity index (χ3v) is 9.27. The summed E-state index contributed by atoms with van der Waals surface area (Å²) in [6, 6.07) is 15.6. The fourth-order valence-corrected chi connectivity index (χ4v) is 7.91. The highest BCUT2D eigenvalue weighted by atomic mass is 16.5. The van der Waals surface area contributed by atoms with Gasteiger partial charge in [-0.1, -0.05) is 31.4 Å². The molecule has 5 heteroatoms. The van der Waals surface area contributed by atoms with Gasteiger partial charge < -0.3 is 15.4 Å². The molecule has 4 bridgehead atoms. The molecule has 0 radical (unpaired) electrons. The van der Waals surface area contributed by atoms with Gasteiger partial charge in [-0.3, -0.25) is 9.59 Å². The van der Waals surface area contributed by atoms with Gasteiger partial charge in [-0.2, -0.15) is 0 Å². The van der Waals surface area contributed by atoms with Crippen molar-refractivity contribution >= 4 is 23.2 Å². The zero-order valence-corrected chi connectivity index (χ0v) is 21.1. The Morgan fingerprint density at radius 3 is 1.89 bits per heavy atom. The van der Waals surface area contributed by atoms with Gasteiger partial charge in [0.15, 0.2) is 6.61 Å². The van der Waals surface area contributed by atoms with Crippen molar-refractivity contribution in [1.82, 2.24) is 0 Å². The second-order valence-corrected chi connectivity index (χ2v) is 12.0. The lowest BCUT2D eigenvalue weighted by Gasteiger charge is -2.55. The van der Waals surface area contributed by atoms with Gasteiger partial charge in [0.25, 0.3) is 5.91 Å². The third kappa shape index (κ3) is 5.02. The van der Waals surface area contributed by atoms with Crippen LogP contribution in [0.25, 0.3) is 0 Å². The molecule has 0 heterocycles. The minimum Gasteiger partial charge on any atom is -0.484 e. The summed E-state index contributed by atoms with van der Waals surface area (Å²) in [7, 11) is 0. The maximum Gasteiger partial charge on any atom is 0.262 e. The zero-order chi connectivity index (χ0) is 24.5. The van der Waals surface area contributed by atoms with Gasteiger partial charge in [0, 0.05) is 11.4 Å². The topological polar surface area (TPSA) is 67.4 Å². The lowest BCUT2D eigenvalue weighted by atomic mass is 9.49. The lowest BCUT2D eigenvalue weighted by molar-refractivity contribution is -0.140. The molecule has 2 amide bonds. The van der Waals surface area contributed by atoms with E-state index in [0.29, 0.717) is 17.4 Å². The average Bonchev–Trinajstić information content (AvgIpc) is 2.89. The number of ether oxygens (including phenoxy) is 1. The molecule has 2 aromatic rings. The predicted molar refractivity (Wildman–Crippen MR) is 142 cm³/mol. The van der Waals surface area contributed by atoms with E-state index in [-0.39, 0.29) is 23.8 Å². The Labute approximate surface area is 214 Å². The molecule has 2 aromatic carbocycles. The van der Waals surface area contributed by atoms with Crippen molar-refractivity contribution in [1.29, 1.82) is 0 Å². The van der Waals surface area contributed by atoms with E-state index >= 15 is 0 Å². The summed E-state index contributed by atoms with van der Waals surface area (Å²) in [5, 5.41) is 6.07. The first-order valence-corrected chi connectivity index (χ1v) is 14.0. The molecule has 0 aromatic heterocycles. The van der Waals surface area contributed by atoms with E-state index < -0.39 is 0 Å². The normalized spacial score (nSPS) is 29.1. The first kappa shape index (κ1) is 23.6. The van der Waals surface area contributed by atoms with E-state index in [0.717, 1.165) is 42.7 Å². The van der Waals surface area contributed by atoms with Crippen LogP contribution in [0, 0.1) is 23.2 Å². The molecule has 2 N–H and O–H groups in total. The van der Waals surface area contributed by atoms with E-state index in [4.69, 9.17) is 4.74 Å². The van der Waals surface area contributed by atoms with Crippen LogP contribution in [0.3, 0.4) is 0 Å². The smallest absolute Gasteiger partial charge is 0.262 e. The van der Waals surface area contributed by atoms with Gasteiger partial charge in [-0.15, -0.1) is 0 Å². The Bertz CT molecular complexity index is 1050. The van der Waals surface area contributed by atoms with Gasteiger partial charge in [-0.25, -0.2) is 0 Å². The average molecular weight is 487 g/mol. The third-order valence-electron chi connectivity index (χ3n) is 9.27. The van der Waals surface area contributed by atoms with Crippen molar-refractivity contribution in [3.05, 3.63) is 54.1 Å². The molecule has 5 aliphatic carbocycles. The summed E-state index contributed by atoms with van der Waals surface area (Å²) in [4.78, 5) is 25.7. The maximum absolute atomic E-state index is 13.3. The van der Waals surface area contributed by atoms with Gasteiger partial charge in [0.1, 0.15) is 5.75 Å². The first-order valence-electron chi connectivity index (χ1n) is 14.0. The van der Waals surface area contributed by atoms with Crippen LogP contribution in [-0.4, -0.2) is 18.4 Å². The van der Waals surface area contributed by atoms with Gasteiger partial charge in [0.05, 0.1) is 5.41 Å². The number of benzene rings is 2. The molecule has 5 saturated carbocycles. The SMILES string of the molecule is O=C(COc1ccc(C2CCCCC2)cc1)Nc1ccc(NC(=O)C23CC4CC(CC(C4)C2)C3)cc1. The Kier molecular flexibility index (Phi) is 6.49. The largest absolute Gasteiger partial charge is 0.484 e. The van der Waals surface area contributed by atoms with Gasteiger partial charge in [0.2, 0.25) is 5.91 Å². The standard InChI is InChI=1S/C31H38N2O3/c34-29(20-36-28-12-6-25(7-13-28)24-4-2-1-3-5-24)32-26-8-10-27(11-9-26)33-30(35)31-17-21-14-22(18-31)16-23(15-21)19-31/h6-13,21-24H,1-5,14-20H2,(H,32,34)(H,33,35).